The standard InChI is InChI=1S/C26H29N3O5S/c1-19-4-7-21(8-5-19)27-35(31,32)25-18-20(6-13-24(25)34-3)26(30)29-16-14-28(15-17-29)22-9-11-23(33-2)12-10-22/h4-13,18,27H,14-17H2,1-3H3. The first-order valence-electron chi connectivity index (χ1n) is 11.3. The van der Waals surface area contributed by atoms with Crippen molar-refractivity contribution >= 4 is 27.3 Å². The number of piperazine rings is 1. The van der Waals surface area contributed by atoms with Gasteiger partial charge in [0.15, 0.2) is 0 Å². The van der Waals surface area contributed by atoms with Crippen LogP contribution in [0.15, 0.2) is 71.6 Å². The minimum Gasteiger partial charge on any atom is -0.497 e. The molecule has 3 aromatic rings. The number of benzene rings is 3. The summed E-state index contributed by atoms with van der Waals surface area (Å²) in [6, 6.07) is 19.3. The third-order valence-electron chi connectivity index (χ3n) is 6.01. The summed E-state index contributed by atoms with van der Waals surface area (Å²) < 4.78 is 39.3. The molecule has 1 heterocycles. The molecule has 0 radical (unpaired) electrons. The lowest BCUT2D eigenvalue weighted by Gasteiger charge is -2.36. The van der Waals surface area contributed by atoms with E-state index in [4.69, 9.17) is 9.47 Å². The number of rotatable bonds is 7. The molecule has 0 aliphatic carbocycles. The Hall–Kier alpha value is -3.72. The van der Waals surface area contributed by atoms with Crippen LogP contribution in [0.5, 0.6) is 11.5 Å². The van der Waals surface area contributed by atoms with Crippen molar-refractivity contribution in [2.24, 2.45) is 0 Å². The maximum absolute atomic E-state index is 13.2. The van der Waals surface area contributed by atoms with Gasteiger partial charge in [0, 0.05) is 43.1 Å². The summed E-state index contributed by atoms with van der Waals surface area (Å²) in [5.41, 5.74) is 2.82. The Morgan fingerprint density at radius 3 is 2.11 bits per heavy atom. The Kier molecular flexibility index (Phi) is 7.16. The molecule has 9 heteroatoms. The fraction of sp³-hybridized carbons (Fsp3) is 0.269. The largest absolute Gasteiger partial charge is 0.497 e. The Morgan fingerprint density at radius 2 is 1.51 bits per heavy atom. The number of carbonyl (C=O) groups is 1. The number of ether oxygens (including phenoxy) is 2. The molecule has 0 spiro atoms. The van der Waals surface area contributed by atoms with Crippen LogP contribution in [-0.4, -0.2) is 59.6 Å². The minimum atomic E-state index is -3.97. The van der Waals surface area contributed by atoms with Gasteiger partial charge in [-0.05, 0) is 61.5 Å². The average molecular weight is 496 g/mol. The molecule has 3 aromatic carbocycles. The fourth-order valence-electron chi connectivity index (χ4n) is 3.99. The van der Waals surface area contributed by atoms with Gasteiger partial charge in [-0.3, -0.25) is 9.52 Å². The van der Waals surface area contributed by atoms with Gasteiger partial charge in [-0.15, -0.1) is 0 Å². The van der Waals surface area contributed by atoms with Crippen LogP contribution in [0, 0.1) is 6.92 Å². The van der Waals surface area contributed by atoms with Gasteiger partial charge in [0.05, 0.1) is 14.2 Å². The van der Waals surface area contributed by atoms with Gasteiger partial charge in [-0.1, -0.05) is 17.7 Å². The molecule has 1 N–H and O–H groups in total. The second kappa shape index (κ2) is 10.3. The van der Waals surface area contributed by atoms with Crippen molar-refractivity contribution < 1.29 is 22.7 Å². The molecule has 35 heavy (non-hydrogen) atoms. The van der Waals surface area contributed by atoms with Crippen molar-refractivity contribution in [3.63, 3.8) is 0 Å². The predicted octanol–water partition coefficient (Wildman–Crippen LogP) is 3.78. The van der Waals surface area contributed by atoms with E-state index >= 15 is 0 Å². The third-order valence-corrected chi connectivity index (χ3v) is 7.41. The topological polar surface area (TPSA) is 88.2 Å². The first kappa shape index (κ1) is 24.4. The van der Waals surface area contributed by atoms with Crippen molar-refractivity contribution in [2.75, 3.05) is 50.0 Å². The smallest absolute Gasteiger partial charge is 0.265 e. The van der Waals surface area contributed by atoms with Crippen LogP contribution in [0.2, 0.25) is 0 Å². The van der Waals surface area contributed by atoms with E-state index < -0.39 is 10.0 Å². The van der Waals surface area contributed by atoms with Crippen molar-refractivity contribution in [1.29, 1.82) is 0 Å². The first-order valence-corrected chi connectivity index (χ1v) is 12.7. The number of hydrogen-bond acceptors (Lipinski definition) is 6. The maximum Gasteiger partial charge on any atom is 0.265 e. The van der Waals surface area contributed by atoms with Gasteiger partial charge >= 0.3 is 0 Å². The summed E-state index contributed by atoms with van der Waals surface area (Å²) >= 11 is 0. The zero-order chi connectivity index (χ0) is 25.0. The highest BCUT2D eigenvalue weighted by atomic mass is 32.2. The predicted molar refractivity (Wildman–Crippen MR) is 136 cm³/mol. The summed E-state index contributed by atoms with van der Waals surface area (Å²) in [4.78, 5) is 17.1. The quantitative estimate of drug-likeness (QED) is 0.537. The van der Waals surface area contributed by atoms with Crippen LogP contribution in [-0.2, 0) is 10.0 Å². The molecule has 184 valence electrons. The van der Waals surface area contributed by atoms with Crippen molar-refractivity contribution in [2.45, 2.75) is 11.8 Å². The van der Waals surface area contributed by atoms with Gasteiger partial charge in [0.2, 0.25) is 0 Å². The van der Waals surface area contributed by atoms with Gasteiger partial charge < -0.3 is 19.3 Å². The molecule has 1 amide bonds. The SMILES string of the molecule is COc1ccc(N2CCN(C(=O)c3ccc(OC)c(S(=O)(=O)Nc4ccc(C)cc4)c3)CC2)cc1. The number of nitrogens with one attached hydrogen (secondary N) is 1. The molecule has 0 unspecified atom stereocenters. The molecule has 8 nitrogen and oxygen atoms in total. The van der Waals surface area contributed by atoms with Gasteiger partial charge in [0.1, 0.15) is 16.4 Å². The van der Waals surface area contributed by atoms with E-state index in [-0.39, 0.29) is 16.6 Å². The summed E-state index contributed by atoms with van der Waals surface area (Å²) in [5.74, 6) is 0.754. The molecule has 0 atom stereocenters. The highest BCUT2D eigenvalue weighted by molar-refractivity contribution is 7.92. The van der Waals surface area contributed by atoms with Crippen LogP contribution in [0.25, 0.3) is 0 Å². The van der Waals surface area contributed by atoms with Crippen LogP contribution < -0.4 is 19.1 Å². The summed E-state index contributed by atoms with van der Waals surface area (Å²) in [6.07, 6.45) is 0. The number of nitrogens with zero attached hydrogens (tertiary/aromatic N) is 2. The lowest BCUT2D eigenvalue weighted by molar-refractivity contribution is 0.0746. The van der Waals surface area contributed by atoms with E-state index in [0.29, 0.717) is 37.4 Å². The molecular formula is C26H29N3O5S. The zero-order valence-corrected chi connectivity index (χ0v) is 20.8. The molecule has 1 aliphatic heterocycles. The average Bonchev–Trinajstić information content (AvgIpc) is 2.89. The molecule has 4 rings (SSSR count). The van der Waals surface area contributed by atoms with Crippen LogP contribution >= 0.6 is 0 Å². The summed E-state index contributed by atoms with van der Waals surface area (Å²) in [5, 5.41) is 0. The highest BCUT2D eigenvalue weighted by Gasteiger charge is 2.26. The maximum atomic E-state index is 13.2. The van der Waals surface area contributed by atoms with E-state index in [1.807, 2.05) is 43.3 Å². The van der Waals surface area contributed by atoms with Crippen molar-refractivity contribution in [1.82, 2.24) is 4.90 Å². The molecule has 0 aromatic heterocycles. The van der Waals surface area contributed by atoms with Crippen LogP contribution in [0.1, 0.15) is 15.9 Å². The Bertz CT molecular complexity index is 1280. The number of hydrogen-bond donors (Lipinski definition) is 1. The minimum absolute atomic E-state index is 0.0803. The first-order chi connectivity index (χ1) is 16.8. The van der Waals surface area contributed by atoms with Crippen molar-refractivity contribution in [3.8, 4) is 11.5 Å². The van der Waals surface area contributed by atoms with E-state index in [2.05, 4.69) is 9.62 Å². The number of methoxy groups -OCH3 is 2. The van der Waals surface area contributed by atoms with Crippen LogP contribution in [0.3, 0.4) is 0 Å². The summed E-state index contributed by atoms with van der Waals surface area (Å²) in [7, 11) is -0.935. The second-order valence-electron chi connectivity index (χ2n) is 8.31. The van der Waals surface area contributed by atoms with Gasteiger partial charge in [-0.2, -0.15) is 0 Å². The molecule has 0 saturated carbocycles. The van der Waals surface area contributed by atoms with Gasteiger partial charge in [0.25, 0.3) is 15.9 Å². The van der Waals surface area contributed by atoms with E-state index in [9.17, 15) is 13.2 Å². The molecule has 1 fully saturated rings. The number of anilines is 2. The number of aryl methyl sites for hydroxylation is 1. The Balaban J connectivity index is 1.49. The van der Waals surface area contributed by atoms with E-state index in [1.54, 1.807) is 30.2 Å². The Labute approximate surface area is 206 Å². The lowest BCUT2D eigenvalue weighted by atomic mass is 10.1. The number of amides is 1. The normalized spacial score (nSPS) is 13.9. The van der Waals surface area contributed by atoms with E-state index in [1.165, 1.54) is 19.2 Å². The monoisotopic (exact) mass is 495 g/mol. The fourth-order valence-corrected chi connectivity index (χ4v) is 5.25. The molecular weight excluding hydrogens is 466 g/mol. The van der Waals surface area contributed by atoms with Crippen LogP contribution in [0.4, 0.5) is 11.4 Å². The number of sulfonamides is 1. The lowest BCUT2D eigenvalue weighted by Crippen LogP contribution is -2.48. The Morgan fingerprint density at radius 1 is 0.857 bits per heavy atom. The van der Waals surface area contributed by atoms with Crippen molar-refractivity contribution in [3.05, 3.63) is 77.9 Å². The number of carbonyl (C=O) groups excluding carboxylic acids is 1. The third kappa shape index (κ3) is 5.51. The van der Waals surface area contributed by atoms with E-state index in [0.717, 1.165) is 17.0 Å². The zero-order valence-electron chi connectivity index (χ0n) is 20.0. The molecule has 1 aliphatic rings. The van der Waals surface area contributed by atoms with Gasteiger partial charge in [-0.25, -0.2) is 8.42 Å². The highest BCUT2D eigenvalue weighted by Crippen LogP contribution is 2.28. The molecule has 1 saturated heterocycles. The molecule has 0 bridgehead atoms. The summed E-state index contributed by atoms with van der Waals surface area (Å²) in [6.45, 7) is 4.33. The second-order valence-corrected chi connectivity index (χ2v) is 9.97.